The highest BCUT2D eigenvalue weighted by atomic mass is 16.8. The summed E-state index contributed by atoms with van der Waals surface area (Å²) in [4.78, 5) is 84.4. The Kier molecular flexibility index (Phi) is 23.8. The van der Waals surface area contributed by atoms with Crippen LogP contribution in [0.1, 0.15) is 129 Å². The summed E-state index contributed by atoms with van der Waals surface area (Å²) in [7, 11) is 6.56. The smallest absolute Gasteiger partial charge is 0.338 e. The van der Waals surface area contributed by atoms with Crippen molar-refractivity contribution in [1.82, 2.24) is 4.90 Å². The molecule has 6 rings (SSSR count). The largest absolute Gasteiger partial charge is 0.459 e. The van der Waals surface area contributed by atoms with Gasteiger partial charge in [0.1, 0.15) is 42.4 Å². The van der Waals surface area contributed by atoms with Crippen molar-refractivity contribution in [3.63, 3.8) is 0 Å². The molecule has 0 bridgehead atoms. The lowest BCUT2D eigenvalue weighted by Gasteiger charge is -2.51. The maximum Gasteiger partial charge on any atom is 0.338 e. The van der Waals surface area contributed by atoms with E-state index in [-0.39, 0.29) is 36.5 Å². The molecule has 2 aromatic carbocycles. The molecule has 476 valence electrons. The number of rotatable bonds is 17. The number of carbonyl (C=O) groups is 6. The fourth-order valence-electron chi connectivity index (χ4n) is 12.5. The van der Waals surface area contributed by atoms with Gasteiger partial charge in [-0.1, -0.05) is 64.1 Å². The molecule has 85 heavy (non-hydrogen) atoms. The van der Waals surface area contributed by atoms with Gasteiger partial charge >= 0.3 is 29.8 Å². The van der Waals surface area contributed by atoms with E-state index in [1.54, 1.807) is 84.9 Å². The molecule has 23 atom stereocenters. The quantitative estimate of drug-likeness (QED) is 0.137. The number of benzene rings is 2. The maximum atomic E-state index is 14.8. The number of carbonyl (C=O) groups excluding carboxylic acids is 6. The lowest BCUT2D eigenvalue weighted by Crippen LogP contribution is -2.66. The molecule has 0 aromatic heterocycles. The number of methoxy groups -OCH3 is 2. The number of cyclic esters (lactones) is 1. The summed E-state index contributed by atoms with van der Waals surface area (Å²) >= 11 is 0. The van der Waals surface area contributed by atoms with E-state index in [1.165, 1.54) is 52.3 Å². The zero-order valence-corrected chi connectivity index (χ0v) is 51.9. The summed E-state index contributed by atoms with van der Waals surface area (Å²) in [6, 6.07) is 15.6. The number of Topliss-reactive ketones (excluding diaryl/α,β-unsaturated/α-hetero) is 1. The van der Waals surface area contributed by atoms with Gasteiger partial charge in [-0.3, -0.25) is 19.2 Å². The third kappa shape index (κ3) is 16.2. The minimum atomic E-state index is -2.10. The van der Waals surface area contributed by atoms with Crippen LogP contribution in [0.4, 0.5) is 0 Å². The average molecular weight is 1200 g/mol. The summed E-state index contributed by atoms with van der Waals surface area (Å²) in [5, 5.41) is 35.6. The Morgan fingerprint density at radius 1 is 0.671 bits per heavy atom. The fraction of sp³-hybridized carbons (Fsp3) is 0.710. The minimum Gasteiger partial charge on any atom is -0.459 e. The van der Waals surface area contributed by atoms with Crippen molar-refractivity contribution < 1.29 is 106 Å². The van der Waals surface area contributed by atoms with Crippen LogP contribution in [0.15, 0.2) is 60.7 Å². The van der Waals surface area contributed by atoms with Crippen LogP contribution in [-0.4, -0.2) is 206 Å². The molecule has 0 aliphatic carbocycles. The SMILES string of the molecule is CC[C@H]1OC(=O)[C@H](C)[C@@H](O[C@H]2C[C@@](C)(OC)[C@@H](O[C@@H]3O[C@H](COC(=O)c4ccccc4)[C@@H](OC(=O)c4ccccc4)[C@H](OC(C)=O)[C@H]3OC(C)=O)[C@H](C)O2)[C@H](C)[C@@H](O[C@@H]2O[C@H](C)C[C@H](N(C)C)[C@H]2O)[C@](C)(OC)C[C@@H](C)C(=O)[C@H](C)[C@@H](O)[C@]1(C)O. The number of hydrogen-bond donors (Lipinski definition) is 3. The van der Waals surface area contributed by atoms with E-state index < -0.39 is 175 Å². The molecule has 4 heterocycles. The Bertz CT molecular complexity index is 2550. The fourth-order valence-corrected chi connectivity index (χ4v) is 12.5. The molecule has 4 saturated heterocycles. The minimum absolute atomic E-state index is 0.00505. The molecule has 0 radical (unpaired) electrons. The number of likely N-dealkylation sites (N-methyl/N-ethyl adjacent to an activating group) is 1. The average Bonchev–Trinajstić information content (AvgIpc) is 1.48. The van der Waals surface area contributed by atoms with Gasteiger partial charge in [0, 0.05) is 58.3 Å². The van der Waals surface area contributed by atoms with Gasteiger partial charge in [-0.2, -0.15) is 0 Å². The second-order valence-electron chi connectivity index (χ2n) is 24.1. The van der Waals surface area contributed by atoms with Gasteiger partial charge in [0.25, 0.3) is 0 Å². The van der Waals surface area contributed by atoms with Gasteiger partial charge in [-0.05, 0) is 99.2 Å². The van der Waals surface area contributed by atoms with Gasteiger partial charge in [-0.25, -0.2) is 9.59 Å². The van der Waals surface area contributed by atoms with Crippen LogP contribution >= 0.6 is 0 Å². The number of ketones is 1. The molecular weight excluding hydrogens is 1110 g/mol. The lowest BCUT2D eigenvalue weighted by atomic mass is 9.74. The summed E-state index contributed by atoms with van der Waals surface area (Å²) < 4.78 is 82.7. The molecule has 0 saturated carbocycles. The second-order valence-corrected chi connectivity index (χ2v) is 24.1. The predicted molar refractivity (Wildman–Crippen MR) is 302 cm³/mol. The van der Waals surface area contributed by atoms with Crippen molar-refractivity contribution in [2.75, 3.05) is 34.9 Å². The van der Waals surface area contributed by atoms with Gasteiger partial charge in [-0.15, -0.1) is 0 Å². The monoisotopic (exact) mass is 1200 g/mol. The van der Waals surface area contributed by atoms with Gasteiger partial charge in [0.05, 0.1) is 58.8 Å². The van der Waals surface area contributed by atoms with Crippen LogP contribution in [0.2, 0.25) is 0 Å². The highest BCUT2D eigenvalue weighted by molar-refractivity contribution is 5.90. The van der Waals surface area contributed by atoms with Gasteiger partial charge in [0.2, 0.25) is 0 Å². The Balaban J connectivity index is 1.40. The second kappa shape index (κ2) is 29.3. The molecule has 23 nitrogen and oxygen atoms in total. The first-order valence-electron chi connectivity index (χ1n) is 29.3. The number of esters is 5. The van der Waals surface area contributed by atoms with Crippen LogP contribution < -0.4 is 0 Å². The van der Waals surface area contributed by atoms with E-state index >= 15 is 0 Å². The molecule has 0 amide bonds. The maximum absolute atomic E-state index is 14.8. The van der Waals surface area contributed by atoms with Crippen LogP contribution in [0, 0.1) is 23.7 Å². The zero-order valence-electron chi connectivity index (χ0n) is 51.9. The zero-order chi connectivity index (χ0) is 63.0. The van der Waals surface area contributed by atoms with Crippen LogP contribution in [-0.2, 0) is 80.8 Å². The molecule has 3 N–H and O–H groups in total. The molecule has 4 fully saturated rings. The van der Waals surface area contributed by atoms with Crippen molar-refractivity contribution in [2.24, 2.45) is 23.7 Å². The van der Waals surface area contributed by atoms with Crippen molar-refractivity contribution >= 4 is 35.6 Å². The molecule has 2 aromatic rings. The Labute approximate surface area is 498 Å². The molecule has 4 aliphatic rings. The molecular formula is C62H91NO22. The number of ether oxygens (including phenoxy) is 13. The first kappa shape index (κ1) is 69.1. The highest BCUT2D eigenvalue weighted by Crippen LogP contribution is 2.44. The van der Waals surface area contributed by atoms with Crippen molar-refractivity contribution in [3.05, 3.63) is 71.8 Å². The number of aliphatic hydroxyl groups is 3. The Hall–Kier alpha value is -5.02. The molecule has 4 aliphatic heterocycles. The number of aliphatic hydroxyl groups excluding tert-OH is 2. The van der Waals surface area contributed by atoms with E-state index in [1.807, 2.05) is 25.9 Å². The Morgan fingerprint density at radius 3 is 1.78 bits per heavy atom. The van der Waals surface area contributed by atoms with Crippen molar-refractivity contribution in [1.29, 1.82) is 0 Å². The predicted octanol–water partition coefficient (Wildman–Crippen LogP) is 5.13. The van der Waals surface area contributed by atoms with Crippen molar-refractivity contribution in [3.8, 4) is 0 Å². The number of hydrogen-bond acceptors (Lipinski definition) is 23. The summed E-state index contributed by atoms with van der Waals surface area (Å²) in [6.07, 6.45) is -19.1. The molecule has 0 unspecified atom stereocenters. The first-order chi connectivity index (χ1) is 39.9. The normalized spacial score (nSPS) is 39.6. The van der Waals surface area contributed by atoms with Gasteiger partial charge in [0.15, 0.2) is 37.2 Å². The summed E-state index contributed by atoms with van der Waals surface area (Å²) in [6.45, 7) is 18.2. The third-order valence-corrected chi connectivity index (χ3v) is 17.3. The van der Waals surface area contributed by atoms with E-state index in [4.69, 9.17) is 61.6 Å². The Morgan fingerprint density at radius 2 is 1.22 bits per heavy atom. The summed E-state index contributed by atoms with van der Waals surface area (Å²) in [5.74, 6) is -8.62. The topological polar surface area (TPSA) is 286 Å². The van der Waals surface area contributed by atoms with Crippen molar-refractivity contribution in [2.45, 2.75) is 224 Å². The molecule has 23 heteroatoms. The van der Waals surface area contributed by atoms with E-state index in [0.29, 0.717) is 6.42 Å². The van der Waals surface area contributed by atoms with Gasteiger partial charge < -0.3 is 81.8 Å². The molecule has 0 spiro atoms. The van der Waals surface area contributed by atoms with Crippen LogP contribution in [0.3, 0.4) is 0 Å². The lowest BCUT2D eigenvalue weighted by molar-refractivity contribution is -0.361. The third-order valence-electron chi connectivity index (χ3n) is 17.3. The standard InChI is InChI=1S/C62H91NO22/c1-17-44-62(12,72)52(68)34(4)46(66)32(2)29-60(10,73-15)53(84-58-47(67)42(63(13)14)28-33(3)76-58)35(5)48(36(6)55(69)81-44)82-45-30-61(11,74-16)54(37(7)77-45)85-59-51(79-39(9)65)50(78-38(8)64)49(83-57(71)41-26-22-19-23-27-41)43(80-59)31-75-56(70)40-24-20-18-21-25-40/h18-27,32-37,42-45,47-54,58-59,67-68,72H,17,28-31H2,1-16H3/t32-,33-,34+,35+,36-,37+,42+,43-,44-,45+,47-,48+,49-,50+,51-,52-,53-,54+,58+,59+,60-,61-,62-/m1/s1. The van der Waals surface area contributed by atoms with E-state index in [2.05, 4.69) is 0 Å². The van der Waals surface area contributed by atoms with E-state index in [0.717, 1.165) is 13.8 Å². The summed E-state index contributed by atoms with van der Waals surface area (Å²) in [5.41, 5.74) is -4.62. The first-order valence-corrected chi connectivity index (χ1v) is 29.3. The van der Waals surface area contributed by atoms with E-state index in [9.17, 15) is 44.1 Å². The van der Waals surface area contributed by atoms with Crippen LogP contribution in [0.25, 0.3) is 0 Å². The number of nitrogens with zero attached hydrogens (tertiary/aromatic N) is 1. The van der Waals surface area contributed by atoms with Crippen LogP contribution in [0.5, 0.6) is 0 Å². The highest BCUT2D eigenvalue weighted by Gasteiger charge is 2.58.